The van der Waals surface area contributed by atoms with Gasteiger partial charge in [0.05, 0.1) is 9.85 Å². The van der Waals surface area contributed by atoms with Crippen molar-refractivity contribution in [2.75, 3.05) is 20.1 Å². The van der Waals surface area contributed by atoms with Crippen LogP contribution in [-0.2, 0) is 4.79 Å². The summed E-state index contributed by atoms with van der Waals surface area (Å²) in [4.78, 5) is 35.8. The van der Waals surface area contributed by atoms with E-state index in [0.717, 1.165) is 0 Å². The van der Waals surface area contributed by atoms with Crippen molar-refractivity contribution in [2.45, 2.75) is 0 Å². The summed E-state index contributed by atoms with van der Waals surface area (Å²) in [5.41, 5.74) is 2.07. The van der Waals surface area contributed by atoms with E-state index in [1.54, 1.807) is 36.4 Å². The van der Waals surface area contributed by atoms with Gasteiger partial charge in [0.1, 0.15) is 0 Å². The van der Waals surface area contributed by atoms with Crippen molar-refractivity contribution in [3.63, 3.8) is 0 Å². The second-order valence-corrected chi connectivity index (χ2v) is 6.54. The van der Waals surface area contributed by atoms with Gasteiger partial charge >= 0.3 is 0 Å². The number of rotatable bonds is 4. The zero-order chi connectivity index (χ0) is 20.3. The highest BCUT2D eigenvalue weighted by Crippen LogP contribution is 2.23. The minimum atomic E-state index is -0.482. The van der Waals surface area contributed by atoms with E-state index in [1.165, 1.54) is 24.3 Å². The van der Waals surface area contributed by atoms with Gasteiger partial charge in [-0.25, -0.2) is 0 Å². The second-order valence-electron chi connectivity index (χ2n) is 6.54. The Kier molecular flexibility index (Phi) is 5.42. The molecule has 2 aromatic carbocycles. The van der Waals surface area contributed by atoms with E-state index in [2.05, 4.69) is 0 Å². The zero-order valence-electron chi connectivity index (χ0n) is 15.1. The number of likely N-dealkylation sites (tertiary alicyclic amines) is 1. The third-order valence-corrected chi connectivity index (χ3v) is 4.31. The van der Waals surface area contributed by atoms with Gasteiger partial charge in [0.25, 0.3) is 11.4 Å². The summed E-state index contributed by atoms with van der Waals surface area (Å²) >= 11 is 0. The van der Waals surface area contributed by atoms with E-state index in [0.29, 0.717) is 35.4 Å². The average molecular weight is 379 g/mol. The number of carbonyl (C=O) groups is 1. The molecule has 1 aliphatic heterocycles. The lowest BCUT2D eigenvalue weighted by Crippen LogP contribution is -2.34. The molecule has 3 rings (SSSR count). The molecule has 0 atom stereocenters. The summed E-state index contributed by atoms with van der Waals surface area (Å²) < 4.78 is 0. The van der Waals surface area contributed by atoms with Crippen LogP contribution < -0.4 is 0 Å². The van der Waals surface area contributed by atoms with E-state index in [9.17, 15) is 25.0 Å². The second kappa shape index (κ2) is 7.93. The van der Waals surface area contributed by atoms with Crippen LogP contribution in [0.2, 0.25) is 0 Å². The summed E-state index contributed by atoms with van der Waals surface area (Å²) in [5.74, 6) is -0.170. The summed E-state index contributed by atoms with van der Waals surface area (Å²) in [6.45, 7) is 0.821. The molecule has 0 radical (unpaired) electrons. The Morgan fingerprint density at radius 2 is 1.29 bits per heavy atom. The Bertz CT molecular complexity index is 947. The molecule has 0 spiro atoms. The standard InChI is InChI=1S/C20H17N3O5/c1-21-12-16(8-14-4-2-6-18(10-14)22(25)26)20(24)17(13-21)9-15-5-3-7-19(11-15)23(27)28/h2-11H,12-13H2,1H3/b16-8-,17-9+. The Morgan fingerprint density at radius 3 is 1.68 bits per heavy atom. The third kappa shape index (κ3) is 4.36. The molecule has 1 aliphatic rings. The van der Waals surface area contributed by atoms with Crippen LogP contribution in [-0.4, -0.2) is 40.7 Å². The van der Waals surface area contributed by atoms with Crippen LogP contribution in [0.15, 0.2) is 59.7 Å². The first-order chi connectivity index (χ1) is 13.3. The van der Waals surface area contributed by atoms with Crippen LogP contribution in [0.4, 0.5) is 11.4 Å². The molecule has 0 aromatic heterocycles. The molecule has 0 aliphatic carbocycles. The third-order valence-electron chi connectivity index (χ3n) is 4.31. The highest BCUT2D eigenvalue weighted by molar-refractivity contribution is 6.14. The number of benzene rings is 2. The topological polar surface area (TPSA) is 107 Å². The highest BCUT2D eigenvalue weighted by atomic mass is 16.6. The van der Waals surface area contributed by atoms with E-state index in [1.807, 2.05) is 11.9 Å². The van der Waals surface area contributed by atoms with Gasteiger partial charge in [0.2, 0.25) is 0 Å². The van der Waals surface area contributed by atoms with E-state index in [-0.39, 0.29) is 17.2 Å². The summed E-state index contributed by atoms with van der Waals surface area (Å²) in [5, 5.41) is 21.9. The van der Waals surface area contributed by atoms with Gasteiger partial charge in [-0.1, -0.05) is 24.3 Å². The van der Waals surface area contributed by atoms with Crippen molar-refractivity contribution in [3.05, 3.63) is 91.0 Å². The van der Waals surface area contributed by atoms with Gasteiger partial charge in [-0.2, -0.15) is 0 Å². The van der Waals surface area contributed by atoms with Crippen molar-refractivity contribution in [1.29, 1.82) is 0 Å². The Morgan fingerprint density at radius 1 is 0.857 bits per heavy atom. The molecule has 0 unspecified atom stereocenters. The number of nitrogens with zero attached hydrogens (tertiary/aromatic N) is 3. The van der Waals surface area contributed by atoms with E-state index < -0.39 is 9.85 Å². The number of nitro benzene ring substituents is 2. The first-order valence-electron chi connectivity index (χ1n) is 8.47. The number of hydrogen-bond donors (Lipinski definition) is 0. The number of non-ortho nitro benzene ring substituents is 2. The maximum atomic E-state index is 12.9. The number of piperidine rings is 1. The molecule has 1 saturated heterocycles. The molecule has 8 nitrogen and oxygen atoms in total. The Labute approximate surface area is 160 Å². The van der Waals surface area contributed by atoms with Gasteiger partial charge in [0, 0.05) is 48.5 Å². The molecule has 142 valence electrons. The van der Waals surface area contributed by atoms with Crippen molar-refractivity contribution < 1.29 is 14.6 Å². The summed E-state index contributed by atoms with van der Waals surface area (Å²) in [6, 6.07) is 12.2. The Balaban J connectivity index is 1.94. The van der Waals surface area contributed by atoms with Crippen LogP contribution in [0.3, 0.4) is 0 Å². The number of carbonyl (C=O) groups excluding carboxylic acids is 1. The lowest BCUT2D eigenvalue weighted by Gasteiger charge is -2.26. The monoisotopic (exact) mass is 379 g/mol. The predicted molar refractivity (Wildman–Crippen MR) is 105 cm³/mol. The lowest BCUT2D eigenvalue weighted by atomic mass is 9.94. The highest BCUT2D eigenvalue weighted by Gasteiger charge is 2.24. The zero-order valence-corrected chi connectivity index (χ0v) is 15.1. The van der Waals surface area contributed by atoms with Crippen LogP contribution in [0.25, 0.3) is 12.2 Å². The van der Waals surface area contributed by atoms with Crippen molar-refractivity contribution in [2.24, 2.45) is 0 Å². The van der Waals surface area contributed by atoms with Gasteiger partial charge in [-0.15, -0.1) is 0 Å². The van der Waals surface area contributed by atoms with Crippen LogP contribution in [0.1, 0.15) is 11.1 Å². The summed E-state index contributed by atoms with van der Waals surface area (Å²) in [6.07, 6.45) is 3.29. The summed E-state index contributed by atoms with van der Waals surface area (Å²) in [7, 11) is 1.86. The number of likely N-dealkylation sites (N-methyl/N-ethyl adjacent to an activating group) is 1. The van der Waals surface area contributed by atoms with E-state index in [4.69, 9.17) is 0 Å². The molecule has 28 heavy (non-hydrogen) atoms. The van der Waals surface area contributed by atoms with Crippen LogP contribution in [0, 0.1) is 20.2 Å². The molecule has 0 amide bonds. The normalized spacial score (nSPS) is 17.8. The fourth-order valence-electron chi connectivity index (χ4n) is 3.07. The number of nitro groups is 2. The van der Waals surface area contributed by atoms with Gasteiger partial charge in [-0.3, -0.25) is 29.9 Å². The van der Waals surface area contributed by atoms with Crippen molar-refractivity contribution in [1.82, 2.24) is 4.90 Å². The lowest BCUT2D eigenvalue weighted by molar-refractivity contribution is -0.385. The molecule has 1 fully saturated rings. The maximum Gasteiger partial charge on any atom is 0.270 e. The molecule has 1 heterocycles. The molecule has 8 heteroatoms. The molecule has 2 aromatic rings. The number of ketones is 1. The first kappa shape index (κ1) is 19.1. The predicted octanol–water partition coefficient (Wildman–Crippen LogP) is 3.48. The fraction of sp³-hybridized carbons (Fsp3) is 0.150. The largest absolute Gasteiger partial charge is 0.298 e. The quantitative estimate of drug-likeness (QED) is 0.457. The Hall–Kier alpha value is -3.65. The minimum absolute atomic E-state index is 0.0432. The molecular formula is C20H17N3O5. The minimum Gasteiger partial charge on any atom is -0.298 e. The van der Waals surface area contributed by atoms with Crippen molar-refractivity contribution in [3.8, 4) is 0 Å². The number of Topliss-reactive ketones (excluding diaryl/α,β-unsaturated/α-hetero) is 1. The molecule has 0 saturated carbocycles. The smallest absolute Gasteiger partial charge is 0.270 e. The number of hydrogen-bond acceptors (Lipinski definition) is 6. The van der Waals surface area contributed by atoms with Crippen molar-refractivity contribution >= 4 is 29.3 Å². The molecular weight excluding hydrogens is 362 g/mol. The molecule has 0 N–H and O–H groups in total. The maximum absolute atomic E-state index is 12.9. The fourth-order valence-corrected chi connectivity index (χ4v) is 3.07. The average Bonchev–Trinajstić information content (AvgIpc) is 2.66. The van der Waals surface area contributed by atoms with Crippen LogP contribution in [0.5, 0.6) is 0 Å². The molecule has 0 bridgehead atoms. The SMILES string of the molecule is CN1C/C(=C/c2cccc([N+](=O)[O-])c2)C(=O)/C(=C/c2cccc([N+](=O)[O-])c2)C1. The van der Waals surface area contributed by atoms with Gasteiger partial charge < -0.3 is 0 Å². The van der Waals surface area contributed by atoms with Crippen LogP contribution >= 0.6 is 0 Å². The first-order valence-corrected chi connectivity index (χ1v) is 8.47. The van der Waals surface area contributed by atoms with E-state index >= 15 is 0 Å². The van der Waals surface area contributed by atoms with Gasteiger partial charge in [0.15, 0.2) is 5.78 Å². The van der Waals surface area contributed by atoms with Gasteiger partial charge in [-0.05, 0) is 30.3 Å².